The van der Waals surface area contributed by atoms with Crippen LogP contribution in [0.2, 0.25) is 15.2 Å². The summed E-state index contributed by atoms with van der Waals surface area (Å²) >= 11 is 18.1. The van der Waals surface area contributed by atoms with Crippen LogP contribution in [0.15, 0.2) is 30.5 Å². The van der Waals surface area contributed by atoms with Crippen molar-refractivity contribution in [2.45, 2.75) is 12.5 Å². The van der Waals surface area contributed by atoms with Crippen molar-refractivity contribution in [1.82, 2.24) is 4.98 Å². The second-order valence-corrected chi connectivity index (χ2v) is 5.74. The van der Waals surface area contributed by atoms with Gasteiger partial charge in [0.2, 0.25) is 0 Å². The van der Waals surface area contributed by atoms with Crippen molar-refractivity contribution in [2.24, 2.45) is 0 Å². The van der Waals surface area contributed by atoms with Crippen molar-refractivity contribution in [2.75, 3.05) is 11.9 Å². The molecular formula is C14H11Cl3N2O. The molecule has 1 aliphatic rings. The van der Waals surface area contributed by atoms with Crippen molar-refractivity contribution in [3.63, 3.8) is 0 Å². The molecule has 2 aromatic rings. The normalized spacial score (nSPS) is 17.2. The van der Waals surface area contributed by atoms with Gasteiger partial charge in [0.15, 0.2) is 0 Å². The first-order valence-electron chi connectivity index (χ1n) is 6.13. The summed E-state index contributed by atoms with van der Waals surface area (Å²) < 4.78 is 5.63. The van der Waals surface area contributed by atoms with E-state index in [4.69, 9.17) is 39.5 Å². The van der Waals surface area contributed by atoms with Gasteiger partial charge in [-0.2, -0.15) is 0 Å². The summed E-state index contributed by atoms with van der Waals surface area (Å²) in [5.74, 6) is 0.694. The molecule has 0 fully saturated rings. The zero-order valence-electron chi connectivity index (χ0n) is 10.4. The van der Waals surface area contributed by atoms with Crippen molar-refractivity contribution >= 4 is 40.5 Å². The highest BCUT2D eigenvalue weighted by molar-refractivity contribution is 6.35. The van der Waals surface area contributed by atoms with Crippen molar-refractivity contribution in [3.05, 3.63) is 51.2 Å². The number of aromatic nitrogens is 1. The first-order valence-corrected chi connectivity index (χ1v) is 7.27. The Balaban J connectivity index is 1.94. The Morgan fingerprint density at radius 3 is 2.85 bits per heavy atom. The molecule has 1 aliphatic heterocycles. The fourth-order valence-electron chi connectivity index (χ4n) is 2.27. The molecule has 1 atom stereocenters. The predicted octanol–water partition coefficient (Wildman–Crippen LogP) is 4.98. The number of hydrogen-bond acceptors (Lipinski definition) is 3. The van der Waals surface area contributed by atoms with E-state index in [-0.39, 0.29) is 6.04 Å². The third-order valence-corrected chi connectivity index (χ3v) is 3.84. The topological polar surface area (TPSA) is 34.2 Å². The molecule has 1 aromatic heterocycles. The molecule has 1 N–H and O–H groups in total. The average molecular weight is 330 g/mol. The highest BCUT2D eigenvalue weighted by atomic mass is 35.5. The number of ether oxygens (including phenoxy) is 1. The molecule has 2 heterocycles. The van der Waals surface area contributed by atoms with Crippen molar-refractivity contribution < 1.29 is 4.74 Å². The monoisotopic (exact) mass is 328 g/mol. The molecule has 6 heteroatoms. The van der Waals surface area contributed by atoms with Gasteiger partial charge in [-0.05, 0) is 24.3 Å². The molecule has 0 saturated heterocycles. The first-order chi connectivity index (χ1) is 9.63. The fraction of sp³-hybridized carbons (Fsp3) is 0.214. The number of anilines is 1. The maximum atomic E-state index is 6.17. The van der Waals surface area contributed by atoms with Crippen LogP contribution >= 0.6 is 34.8 Å². The summed E-state index contributed by atoms with van der Waals surface area (Å²) in [4.78, 5) is 3.96. The van der Waals surface area contributed by atoms with E-state index in [9.17, 15) is 0 Å². The third-order valence-electron chi connectivity index (χ3n) is 3.13. The van der Waals surface area contributed by atoms with Crippen molar-refractivity contribution in [3.8, 4) is 5.75 Å². The van der Waals surface area contributed by atoms with Gasteiger partial charge in [0.05, 0.1) is 17.7 Å². The second kappa shape index (κ2) is 5.68. The first kappa shape index (κ1) is 13.8. The van der Waals surface area contributed by atoms with Crippen molar-refractivity contribution in [1.29, 1.82) is 0 Å². The number of hydrogen-bond donors (Lipinski definition) is 1. The predicted molar refractivity (Wildman–Crippen MR) is 82.2 cm³/mol. The van der Waals surface area contributed by atoms with Crippen LogP contribution in [-0.4, -0.2) is 11.6 Å². The van der Waals surface area contributed by atoms with Crippen LogP contribution < -0.4 is 10.1 Å². The lowest BCUT2D eigenvalue weighted by atomic mass is 10.0. The highest BCUT2D eigenvalue weighted by Gasteiger charge is 2.24. The molecule has 0 spiro atoms. The van der Waals surface area contributed by atoms with E-state index in [0.717, 1.165) is 17.7 Å². The Kier molecular flexibility index (Phi) is 3.92. The molecule has 20 heavy (non-hydrogen) atoms. The molecule has 0 aliphatic carbocycles. The van der Waals surface area contributed by atoms with E-state index in [1.807, 2.05) is 12.1 Å². The molecule has 3 nitrogen and oxygen atoms in total. The van der Waals surface area contributed by atoms with E-state index in [0.29, 0.717) is 27.6 Å². The van der Waals surface area contributed by atoms with Gasteiger partial charge in [0, 0.05) is 28.9 Å². The minimum absolute atomic E-state index is 0.0772. The summed E-state index contributed by atoms with van der Waals surface area (Å²) in [6, 6.07) is 7.29. The molecule has 104 valence electrons. The standard InChI is InChI=1S/C14H11Cl3N2O/c15-8-5-10-12(2-4-20-14(10)11(16)6-8)19-9-1-3-18-13(17)7-9/h1,3,5-7,12H,2,4H2,(H,18,19). The van der Waals surface area contributed by atoms with Gasteiger partial charge in [-0.1, -0.05) is 34.8 Å². The number of fused-ring (bicyclic) bond motifs is 1. The lowest BCUT2D eigenvalue weighted by Crippen LogP contribution is -2.20. The Bertz CT molecular complexity index is 648. The summed E-state index contributed by atoms with van der Waals surface area (Å²) in [5.41, 5.74) is 1.86. The van der Waals surface area contributed by atoms with Gasteiger partial charge >= 0.3 is 0 Å². The summed E-state index contributed by atoms with van der Waals surface area (Å²) in [5, 5.41) is 4.99. The lowest BCUT2D eigenvalue weighted by molar-refractivity contribution is 0.274. The van der Waals surface area contributed by atoms with Crippen LogP contribution in [0.4, 0.5) is 5.69 Å². The number of benzene rings is 1. The second-order valence-electron chi connectivity index (χ2n) is 4.51. The number of pyridine rings is 1. The van der Waals surface area contributed by atoms with Crippen LogP contribution in [0.25, 0.3) is 0 Å². The number of nitrogens with one attached hydrogen (secondary N) is 1. The highest BCUT2D eigenvalue weighted by Crippen LogP contribution is 2.41. The van der Waals surface area contributed by atoms with E-state index < -0.39 is 0 Å². The van der Waals surface area contributed by atoms with E-state index in [2.05, 4.69) is 10.3 Å². The molecule has 1 aromatic carbocycles. The summed E-state index contributed by atoms with van der Waals surface area (Å²) in [7, 11) is 0. The van der Waals surface area contributed by atoms with Crippen LogP contribution in [0.1, 0.15) is 18.0 Å². The SMILES string of the molecule is Clc1cc(Cl)c2c(c1)C(Nc1ccnc(Cl)c1)CCO2. The fourth-order valence-corrected chi connectivity index (χ4v) is 3.01. The minimum Gasteiger partial charge on any atom is -0.492 e. The quantitative estimate of drug-likeness (QED) is 0.789. The van der Waals surface area contributed by atoms with Crippen LogP contribution in [0.3, 0.4) is 0 Å². The van der Waals surface area contributed by atoms with Gasteiger partial charge in [0.25, 0.3) is 0 Å². The molecular weight excluding hydrogens is 319 g/mol. The molecule has 0 amide bonds. The minimum atomic E-state index is 0.0772. The molecule has 3 rings (SSSR count). The molecule has 1 unspecified atom stereocenters. The largest absolute Gasteiger partial charge is 0.492 e. The Labute approximate surface area is 131 Å². The Morgan fingerprint density at radius 2 is 2.05 bits per heavy atom. The van der Waals surface area contributed by atoms with Crippen LogP contribution in [-0.2, 0) is 0 Å². The maximum Gasteiger partial charge on any atom is 0.143 e. The van der Waals surface area contributed by atoms with E-state index >= 15 is 0 Å². The van der Waals surface area contributed by atoms with E-state index in [1.165, 1.54) is 0 Å². The summed E-state index contributed by atoms with van der Waals surface area (Å²) in [6.07, 6.45) is 2.49. The number of rotatable bonds is 2. The Morgan fingerprint density at radius 1 is 1.20 bits per heavy atom. The Hall–Kier alpha value is -1.16. The van der Waals surface area contributed by atoms with Crippen LogP contribution in [0, 0.1) is 0 Å². The van der Waals surface area contributed by atoms with Gasteiger partial charge in [-0.15, -0.1) is 0 Å². The van der Waals surface area contributed by atoms with Crippen LogP contribution in [0.5, 0.6) is 5.75 Å². The van der Waals surface area contributed by atoms with Gasteiger partial charge in [-0.25, -0.2) is 4.98 Å². The van der Waals surface area contributed by atoms with Gasteiger partial charge in [-0.3, -0.25) is 0 Å². The number of nitrogens with zero attached hydrogens (tertiary/aromatic N) is 1. The zero-order chi connectivity index (χ0) is 14.1. The van der Waals surface area contributed by atoms with Gasteiger partial charge < -0.3 is 10.1 Å². The molecule has 0 saturated carbocycles. The third kappa shape index (κ3) is 2.80. The maximum absolute atomic E-state index is 6.17. The molecule has 0 bridgehead atoms. The van der Waals surface area contributed by atoms with E-state index in [1.54, 1.807) is 18.3 Å². The average Bonchev–Trinajstić information content (AvgIpc) is 2.40. The smallest absolute Gasteiger partial charge is 0.143 e. The van der Waals surface area contributed by atoms with Gasteiger partial charge in [0.1, 0.15) is 10.9 Å². The summed E-state index contributed by atoms with van der Waals surface area (Å²) in [6.45, 7) is 0.602. The zero-order valence-corrected chi connectivity index (χ0v) is 12.6. The lowest BCUT2D eigenvalue weighted by Gasteiger charge is -2.28. The molecule has 0 radical (unpaired) electrons. The number of halogens is 3.